The summed E-state index contributed by atoms with van der Waals surface area (Å²) in [5, 5.41) is 13.3. The molecule has 3 rings (SSSR count). The third-order valence-corrected chi connectivity index (χ3v) is 3.98. The zero-order valence-corrected chi connectivity index (χ0v) is 13.0. The summed E-state index contributed by atoms with van der Waals surface area (Å²) in [5.74, 6) is -2.00. The molecule has 0 spiro atoms. The minimum atomic E-state index is -0.661. The number of nitro groups is 1. The van der Waals surface area contributed by atoms with Gasteiger partial charge in [0, 0.05) is 25.1 Å². The molecule has 0 aliphatic carbocycles. The number of carbonyl (C=O) groups excluding carboxylic acids is 2. The quantitative estimate of drug-likeness (QED) is 0.682. The maximum atomic E-state index is 13.6. The Hall–Kier alpha value is -3.29. The van der Waals surface area contributed by atoms with Crippen LogP contribution in [-0.4, -0.2) is 23.3 Å². The molecule has 0 bridgehead atoms. The molecular formula is C17H14FN3O4. The van der Waals surface area contributed by atoms with E-state index in [2.05, 4.69) is 5.32 Å². The smallest absolute Gasteiger partial charge is 0.271 e. The van der Waals surface area contributed by atoms with Gasteiger partial charge in [0.25, 0.3) is 5.69 Å². The van der Waals surface area contributed by atoms with E-state index in [1.807, 2.05) is 0 Å². The van der Waals surface area contributed by atoms with Crippen LogP contribution in [0, 0.1) is 21.8 Å². The fraction of sp³-hybridized carbons (Fsp3) is 0.176. The van der Waals surface area contributed by atoms with Crippen LogP contribution < -0.4 is 10.2 Å². The van der Waals surface area contributed by atoms with Crippen LogP contribution >= 0.6 is 0 Å². The Morgan fingerprint density at radius 1 is 1.24 bits per heavy atom. The third kappa shape index (κ3) is 3.47. The number of nitro benzene ring substituents is 1. The van der Waals surface area contributed by atoms with Crippen molar-refractivity contribution in [3.8, 4) is 0 Å². The van der Waals surface area contributed by atoms with Gasteiger partial charge in [-0.05, 0) is 18.2 Å². The van der Waals surface area contributed by atoms with Crippen molar-refractivity contribution in [2.24, 2.45) is 5.92 Å². The van der Waals surface area contributed by atoms with Crippen molar-refractivity contribution in [1.29, 1.82) is 0 Å². The van der Waals surface area contributed by atoms with Gasteiger partial charge in [-0.15, -0.1) is 0 Å². The van der Waals surface area contributed by atoms with E-state index in [0.717, 1.165) is 0 Å². The Morgan fingerprint density at radius 3 is 2.72 bits per heavy atom. The summed E-state index contributed by atoms with van der Waals surface area (Å²) in [5.41, 5.74) is 0.277. The number of amides is 2. The second-order valence-corrected chi connectivity index (χ2v) is 5.65. The Kier molecular flexibility index (Phi) is 4.42. The molecule has 2 aromatic rings. The number of nitrogens with one attached hydrogen (secondary N) is 1. The molecule has 8 heteroatoms. The van der Waals surface area contributed by atoms with Crippen molar-refractivity contribution < 1.29 is 18.9 Å². The van der Waals surface area contributed by atoms with Gasteiger partial charge in [0.1, 0.15) is 5.82 Å². The average Bonchev–Trinajstić information content (AvgIpc) is 2.99. The van der Waals surface area contributed by atoms with Crippen molar-refractivity contribution in [2.75, 3.05) is 16.8 Å². The lowest BCUT2D eigenvalue weighted by atomic mass is 10.1. The second kappa shape index (κ2) is 6.68. The normalized spacial score (nSPS) is 16.8. The van der Waals surface area contributed by atoms with E-state index >= 15 is 0 Å². The molecule has 2 amide bonds. The van der Waals surface area contributed by atoms with Crippen LogP contribution in [0.15, 0.2) is 48.5 Å². The van der Waals surface area contributed by atoms with E-state index < -0.39 is 22.6 Å². The van der Waals surface area contributed by atoms with Crippen LogP contribution in [-0.2, 0) is 9.59 Å². The largest absolute Gasteiger partial charge is 0.323 e. The number of hydrogen-bond donors (Lipinski definition) is 1. The summed E-state index contributed by atoms with van der Waals surface area (Å²) in [6.07, 6.45) is -0.0387. The van der Waals surface area contributed by atoms with Crippen molar-refractivity contribution in [2.45, 2.75) is 6.42 Å². The topological polar surface area (TPSA) is 92.6 Å². The number of halogens is 1. The molecular weight excluding hydrogens is 329 g/mol. The molecule has 1 fully saturated rings. The third-order valence-electron chi connectivity index (χ3n) is 3.98. The lowest BCUT2D eigenvalue weighted by molar-refractivity contribution is -0.384. The Balaban J connectivity index is 1.74. The number of hydrogen-bond acceptors (Lipinski definition) is 4. The minimum absolute atomic E-state index is 0.0387. The summed E-state index contributed by atoms with van der Waals surface area (Å²) >= 11 is 0. The molecule has 1 saturated heterocycles. The predicted molar refractivity (Wildman–Crippen MR) is 88.6 cm³/mol. The Morgan fingerprint density at radius 2 is 2.00 bits per heavy atom. The molecule has 1 N–H and O–H groups in total. The van der Waals surface area contributed by atoms with E-state index in [4.69, 9.17) is 0 Å². The van der Waals surface area contributed by atoms with Gasteiger partial charge in [0.15, 0.2) is 0 Å². The summed E-state index contributed by atoms with van der Waals surface area (Å²) in [6, 6.07) is 11.4. The number of rotatable bonds is 4. The minimum Gasteiger partial charge on any atom is -0.323 e. The lowest BCUT2D eigenvalue weighted by Gasteiger charge is -2.16. The Bertz CT molecular complexity index is 855. The first-order chi connectivity index (χ1) is 12.0. The van der Waals surface area contributed by atoms with Gasteiger partial charge in [-0.2, -0.15) is 0 Å². The summed E-state index contributed by atoms with van der Waals surface area (Å²) in [4.78, 5) is 36.1. The highest BCUT2D eigenvalue weighted by molar-refractivity contribution is 6.03. The summed E-state index contributed by atoms with van der Waals surface area (Å²) in [6.45, 7) is 0.0836. The first-order valence-corrected chi connectivity index (χ1v) is 7.56. The fourth-order valence-electron chi connectivity index (χ4n) is 2.70. The summed E-state index contributed by atoms with van der Waals surface area (Å²) < 4.78 is 13.6. The van der Waals surface area contributed by atoms with Gasteiger partial charge in [-0.25, -0.2) is 4.39 Å². The molecule has 1 aliphatic rings. The van der Waals surface area contributed by atoms with E-state index in [0.29, 0.717) is 5.69 Å². The molecule has 0 saturated carbocycles. The highest BCUT2D eigenvalue weighted by Crippen LogP contribution is 2.28. The second-order valence-electron chi connectivity index (χ2n) is 5.65. The van der Waals surface area contributed by atoms with Gasteiger partial charge >= 0.3 is 0 Å². The summed E-state index contributed by atoms with van der Waals surface area (Å²) in [7, 11) is 0. The molecule has 1 atom stereocenters. The average molecular weight is 343 g/mol. The number of anilines is 2. The molecule has 1 unspecified atom stereocenters. The van der Waals surface area contributed by atoms with Crippen molar-refractivity contribution in [1.82, 2.24) is 0 Å². The number of nitrogens with zero attached hydrogens (tertiary/aromatic N) is 2. The molecule has 2 aromatic carbocycles. The first kappa shape index (κ1) is 16.6. The molecule has 0 radical (unpaired) electrons. The van der Waals surface area contributed by atoms with Crippen molar-refractivity contribution >= 4 is 28.9 Å². The van der Waals surface area contributed by atoms with Gasteiger partial charge in [0.2, 0.25) is 11.8 Å². The van der Waals surface area contributed by atoms with Crippen LogP contribution in [0.1, 0.15) is 6.42 Å². The number of para-hydroxylation sites is 1. The van der Waals surface area contributed by atoms with Gasteiger partial charge < -0.3 is 10.2 Å². The molecule has 1 heterocycles. The Labute approximate surface area is 142 Å². The number of carbonyl (C=O) groups is 2. The van der Waals surface area contributed by atoms with Crippen LogP contribution in [0.4, 0.5) is 21.5 Å². The van der Waals surface area contributed by atoms with E-state index in [1.54, 1.807) is 12.1 Å². The SMILES string of the molecule is O=C(Nc1ccccc1F)C1CC(=O)N(c2cccc([N+](=O)[O-])c2)C1. The van der Waals surface area contributed by atoms with Gasteiger partial charge in [-0.1, -0.05) is 18.2 Å². The van der Waals surface area contributed by atoms with Crippen molar-refractivity contribution in [3.05, 3.63) is 64.5 Å². The molecule has 0 aromatic heterocycles. The zero-order chi connectivity index (χ0) is 18.0. The molecule has 7 nitrogen and oxygen atoms in total. The van der Waals surface area contributed by atoms with Gasteiger partial charge in [0.05, 0.1) is 22.2 Å². The maximum absolute atomic E-state index is 13.6. The van der Waals surface area contributed by atoms with Crippen LogP contribution in [0.25, 0.3) is 0 Å². The standard InChI is InChI=1S/C17H14FN3O4/c18-14-6-1-2-7-15(14)19-17(23)11-8-16(22)20(10-11)12-4-3-5-13(9-12)21(24)25/h1-7,9,11H,8,10H2,(H,19,23). The van der Waals surface area contributed by atoms with Gasteiger partial charge in [-0.3, -0.25) is 19.7 Å². The van der Waals surface area contributed by atoms with Crippen LogP contribution in [0.5, 0.6) is 0 Å². The highest BCUT2D eigenvalue weighted by atomic mass is 19.1. The fourth-order valence-corrected chi connectivity index (χ4v) is 2.70. The first-order valence-electron chi connectivity index (χ1n) is 7.56. The van der Waals surface area contributed by atoms with E-state index in [9.17, 15) is 24.1 Å². The molecule has 128 valence electrons. The van der Waals surface area contributed by atoms with Crippen molar-refractivity contribution in [3.63, 3.8) is 0 Å². The predicted octanol–water partition coefficient (Wildman–Crippen LogP) is 2.73. The zero-order valence-electron chi connectivity index (χ0n) is 13.0. The molecule has 25 heavy (non-hydrogen) atoms. The number of benzene rings is 2. The monoisotopic (exact) mass is 343 g/mol. The van der Waals surface area contributed by atoms with E-state index in [-0.39, 0.29) is 30.2 Å². The van der Waals surface area contributed by atoms with E-state index in [1.165, 1.54) is 41.3 Å². The lowest BCUT2D eigenvalue weighted by Crippen LogP contribution is -2.28. The molecule has 1 aliphatic heterocycles. The number of non-ortho nitro benzene ring substituents is 1. The van der Waals surface area contributed by atoms with Crippen LogP contribution in [0.3, 0.4) is 0 Å². The highest BCUT2D eigenvalue weighted by Gasteiger charge is 2.35. The van der Waals surface area contributed by atoms with Crippen LogP contribution in [0.2, 0.25) is 0 Å². The maximum Gasteiger partial charge on any atom is 0.271 e.